The summed E-state index contributed by atoms with van der Waals surface area (Å²) in [7, 11) is 2.50. The Morgan fingerprint density at radius 1 is 1.23 bits per heavy atom. The monoisotopic (exact) mass is 206 g/mol. The normalized spacial score (nSPS) is 36.6. The summed E-state index contributed by atoms with van der Waals surface area (Å²) >= 11 is 5.90. The van der Waals surface area contributed by atoms with E-state index in [0.29, 0.717) is 0 Å². The molecule has 1 fully saturated rings. The minimum Gasteiger partial charge on any atom is -0.469 e. The topological polar surface area (TPSA) is 52.6 Å². The zero-order valence-corrected chi connectivity index (χ0v) is 8.47. The van der Waals surface area contributed by atoms with Gasteiger partial charge in [0.05, 0.1) is 19.6 Å². The number of alkyl halides is 1. The molecule has 2 unspecified atom stereocenters. The first-order valence-corrected chi connectivity index (χ1v) is 4.16. The Labute approximate surface area is 81.1 Å². The van der Waals surface area contributed by atoms with Gasteiger partial charge in [-0.05, 0) is 13.3 Å². The Balaban J connectivity index is 2.81. The van der Waals surface area contributed by atoms with Crippen molar-refractivity contribution in [3.05, 3.63) is 0 Å². The SMILES string of the molecule is COC(=O)C1(C)CC1(Cl)C(=O)OC. The van der Waals surface area contributed by atoms with Gasteiger partial charge in [0.15, 0.2) is 4.87 Å². The zero-order valence-electron chi connectivity index (χ0n) is 7.72. The molecule has 0 spiro atoms. The molecule has 74 valence electrons. The predicted molar refractivity (Wildman–Crippen MR) is 45.3 cm³/mol. The van der Waals surface area contributed by atoms with Crippen molar-refractivity contribution >= 4 is 23.5 Å². The highest BCUT2D eigenvalue weighted by molar-refractivity contribution is 6.39. The Kier molecular flexibility index (Phi) is 2.28. The van der Waals surface area contributed by atoms with Gasteiger partial charge >= 0.3 is 11.9 Å². The van der Waals surface area contributed by atoms with Gasteiger partial charge in [-0.15, -0.1) is 11.6 Å². The second-order valence-electron chi connectivity index (χ2n) is 3.29. The van der Waals surface area contributed by atoms with E-state index in [4.69, 9.17) is 11.6 Å². The van der Waals surface area contributed by atoms with Crippen molar-refractivity contribution in [2.75, 3.05) is 14.2 Å². The molecule has 1 saturated carbocycles. The molecule has 0 radical (unpaired) electrons. The minimum atomic E-state index is -1.23. The average Bonchev–Trinajstić information content (AvgIpc) is 2.69. The molecule has 1 aliphatic carbocycles. The summed E-state index contributed by atoms with van der Waals surface area (Å²) in [4.78, 5) is 21.2. The first kappa shape index (κ1) is 10.3. The highest BCUT2D eigenvalue weighted by atomic mass is 35.5. The quantitative estimate of drug-likeness (QED) is 0.494. The summed E-state index contributed by atoms with van der Waals surface area (Å²) in [6.45, 7) is 1.59. The number of ether oxygens (including phenoxy) is 2. The van der Waals surface area contributed by atoms with Crippen molar-refractivity contribution in [3.63, 3.8) is 0 Å². The van der Waals surface area contributed by atoms with Crippen LogP contribution in [0.5, 0.6) is 0 Å². The van der Waals surface area contributed by atoms with Crippen LogP contribution in [0.4, 0.5) is 0 Å². The summed E-state index contributed by atoms with van der Waals surface area (Å²) in [6, 6.07) is 0. The number of carbonyl (C=O) groups excluding carboxylic acids is 2. The maximum Gasteiger partial charge on any atom is 0.328 e. The molecule has 0 heterocycles. The fourth-order valence-corrected chi connectivity index (χ4v) is 1.78. The summed E-state index contributed by atoms with van der Waals surface area (Å²) in [5.74, 6) is -1.06. The van der Waals surface area contributed by atoms with E-state index < -0.39 is 22.2 Å². The van der Waals surface area contributed by atoms with E-state index >= 15 is 0 Å². The number of methoxy groups -OCH3 is 2. The molecule has 5 heteroatoms. The second-order valence-corrected chi connectivity index (χ2v) is 3.94. The Morgan fingerprint density at radius 2 is 1.69 bits per heavy atom. The van der Waals surface area contributed by atoms with Gasteiger partial charge in [0.2, 0.25) is 0 Å². The van der Waals surface area contributed by atoms with Crippen LogP contribution in [-0.4, -0.2) is 31.0 Å². The standard InChI is InChI=1S/C8H11ClO4/c1-7(5(10)12-2)4-8(7,9)6(11)13-3/h4H2,1-3H3. The molecule has 0 aromatic carbocycles. The summed E-state index contributed by atoms with van der Waals surface area (Å²) in [5, 5.41) is 0. The molecule has 0 N–H and O–H groups in total. The van der Waals surface area contributed by atoms with Crippen LogP contribution in [0.2, 0.25) is 0 Å². The van der Waals surface area contributed by atoms with Crippen molar-refractivity contribution in [2.45, 2.75) is 18.2 Å². The van der Waals surface area contributed by atoms with Gasteiger partial charge in [-0.25, -0.2) is 0 Å². The third-order valence-electron chi connectivity index (χ3n) is 2.49. The van der Waals surface area contributed by atoms with Gasteiger partial charge in [-0.3, -0.25) is 9.59 Å². The number of halogens is 1. The van der Waals surface area contributed by atoms with Gasteiger partial charge in [0, 0.05) is 0 Å². The molecule has 13 heavy (non-hydrogen) atoms. The second kappa shape index (κ2) is 2.87. The van der Waals surface area contributed by atoms with Gasteiger partial charge in [0.1, 0.15) is 0 Å². The number of carbonyl (C=O) groups is 2. The van der Waals surface area contributed by atoms with Gasteiger partial charge in [0.25, 0.3) is 0 Å². The average molecular weight is 207 g/mol. The Bertz CT molecular complexity index is 239. The van der Waals surface area contributed by atoms with Crippen LogP contribution in [0, 0.1) is 5.41 Å². The molecule has 0 saturated heterocycles. The number of hydrogen-bond donors (Lipinski definition) is 0. The number of rotatable bonds is 2. The Hall–Kier alpha value is -0.770. The van der Waals surface area contributed by atoms with Crippen LogP contribution in [0.1, 0.15) is 13.3 Å². The molecule has 0 aliphatic heterocycles. The van der Waals surface area contributed by atoms with Gasteiger partial charge < -0.3 is 9.47 Å². The molecule has 2 atom stereocenters. The lowest BCUT2D eigenvalue weighted by atomic mass is 10.1. The van der Waals surface area contributed by atoms with Crippen molar-refractivity contribution in [2.24, 2.45) is 5.41 Å². The maximum atomic E-state index is 11.2. The fourth-order valence-electron chi connectivity index (χ4n) is 1.36. The van der Waals surface area contributed by atoms with Gasteiger partial charge in [-0.1, -0.05) is 0 Å². The third kappa shape index (κ3) is 1.20. The van der Waals surface area contributed by atoms with E-state index in [1.807, 2.05) is 0 Å². The first-order chi connectivity index (χ1) is 5.92. The molecule has 1 aliphatic rings. The highest BCUT2D eigenvalue weighted by Crippen LogP contribution is 2.62. The van der Waals surface area contributed by atoms with E-state index in [1.165, 1.54) is 14.2 Å². The summed E-state index contributed by atoms with van der Waals surface area (Å²) in [5.41, 5.74) is -0.934. The van der Waals surface area contributed by atoms with E-state index in [-0.39, 0.29) is 6.42 Å². The molecule has 0 aromatic rings. The van der Waals surface area contributed by atoms with Crippen LogP contribution < -0.4 is 0 Å². The number of hydrogen-bond acceptors (Lipinski definition) is 4. The molecule has 1 rings (SSSR count). The van der Waals surface area contributed by atoms with Crippen LogP contribution in [0.25, 0.3) is 0 Å². The van der Waals surface area contributed by atoms with Crippen molar-refractivity contribution < 1.29 is 19.1 Å². The zero-order chi connectivity index (χ0) is 10.3. The van der Waals surface area contributed by atoms with Crippen molar-refractivity contribution in [1.82, 2.24) is 0 Å². The van der Waals surface area contributed by atoms with E-state index in [9.17, 15) is 9.59 Å². The molecule has 0 aromatic heterocycles. The molecule has 4 nitrogen and oxygen atoms in total. The lowest BCUT2D eigenvalue weighted by molar-refractivity contribution is -0.151. The maximum absolute atomic E-state index is 11.2. The number of esters is 2. The van der Waals surface area contributed by atoms with E-state index in [1.54, 1.807) is 6.92 Å². The van der Waals surface area contributed by atoms with Crippen LogP contribution >= 0.6 is 11.6 Å². The molecule has 0 bridgehead atoms. The first-order valence-electron chi connectivity index (χ1n) is 3.78. The summed E-state index contributed by atoms with van der Waals surface area (Å²) in [6.07, 6.45) is 0.265. The van der Waals surface area contributed by atoms with E-state index in [2.05, 4.69) is 9.47 Å². The lowest BCUT2D eigenvalue weighted by Gasteiger charge is -2.11. The summed E-state index contributed by atoms with van der Waals surface area (Å²) < 4.78 is 9.02. The minimum absolute atomic E-state index is 0.265. The largest absolute Gasteiger partial charge is 0.469 e. The van der Waals surface area contributed by atoms with Crippen molar-refractivity contribution in [1.29, 1.82) is 0 Å². The third-order valence-corrected chi connectivity index (χ3v) is 3.20. The molecular formula is C8H11ClO4. The van der Waals surface area contributed by atoms with E-state index in [0.717, 1.165) is 0 Å². The Morgan fingerprint density at radius 3 is 2.08 bits per heavy atom. The van der Waals surface area contributed by atoms with Gasteiger partial charge in [-0.2, -0.15) is 0 Å². The smallest absolute Gasteiger partial charge is 0.328 e. The van der Waals surface area contributed by atoms with Crippen LogP contribution in [0.3, 0.4) is 0 Å². The fraction of sp³-hybridized carbons (Fsp3) is 0.750. The highest BCUT2D eigenvalue weighted by Gasteiger charge is 2.74. The van der Waals surface area contributed by atoms with Crippen molar-refractivity contribution in [3.8, 4) is 0 Å². The predicted octanol–water partition coefficient (Wildman–Crippen LogP) is 0.720. The van der Waals surface area contributed by atoms with Crippen LogP contribution in [0.15, 0.2) is 0 Å². The van der Waals surface area contributed by atoms with Crippen LogP contribution in [-0.2, 0) is 19.1 Å². The molecule has 0 amide bonds. The molecular weight excluding hydrogens is 196 g/mol. The lowest BCUT2D eigenvalue weighted by Crippen LogP contribution is -2.30.